The molecule has 4 heterocycles. The molecule has 3 aromatic rings. The zero-order chi connectivity index (χ0) is 25.8. The third kappa shape index (κ3) is 6.59. The standard InChI is InChI=1S/C27H38N6O2S2/c1-4-5-21-17-28-26(29-18-21)32-10-8-23(9-11-32)35-27-30-24-7-6-22(16-25(24)36-27)31-12-14-33(15-13-31)37(34)19-20(2)3/h6-7,16-18,20,23H,4-5,8-15,19H2,1-3H3. The van der Waals surface area contributed by atoms with Gasteiger partial charge >= 0.3 is 0 Å². The van der Waals surface area contributed by atoms with Crippen LogP contribution in [0.25, 0.3) is 10.2 Å². The van der Waals surface area contributed by atoms with E-state index in [9.17, 15) is 4.21 Å². The van der Waals surface area contributed by atoms with Crippen LogP contribution < -0.4 is 14.5 Å². The van der Waals surface area contributed by atoms with Crippen molar-refractivity contribution in [1.29, 1.82) is 0 Å². The molecule has 1 atom stereocenters. The van der Waals surface area contributed by atoms with Crippen molar-refractivity contribution in [2.75, 3.05) is 54.8 Å². The fraction of sp³-hybridized carbons (Fsp3) is 0.593. The van der Waals surface area contributed by atoms with Gasteiger partial charge in [-0.25, -0.2) is 23.5 Å². The number of aromatic nitrogens is 3. The Morgan fingerprint density at radius 1 is 1.05 bits per heavy atom. The lowest BCUT2D eigenvalue weighted by atomic mass is 10.1. The fourth-order valence-electron chi connectivity index (χ4n) is 4.93. The van der Waals surface area contributed by atoms with E-state index in [-0.39, 0.29) is 6.10 Å². The molecule has 10 heteroatoms. The van der Waals surface area contributed by atoms with Gasteiger partial charge in [-0.15, -0.1) is 0 Å². The lowest BCUT2D eigenvalue weighted by Crippen LogP contribution is -2.47. The first-order chi connectivity index (χ1) is 18.0. The highest BCUT2D eigenvalue weighted by Gasteiger charge is 2.24. The van der Waals surface area contributed by atoms with Gasteiger partial charge in [0.15, 0.2) is 0 Å². The molecule has 0 radical (unpaired) electrons. The Kier molecular flexibility index (Phi) is 8.56. The number of ether oxygens (including phenoxy) is 1. The van der Waals surface area contributed by atoms with Crippen LogP contribution in [0.2, 0.25) is 0 Å². The minimum atomic E-state index is -0.874. The van der Waals surface area contributed by atoms with Crippen molar-refractivity contribution in [3.8, 4) is 5.19 Å². The number of aryl methyl sites for hydroxylation is 1. The molecule has 2 aromatic heterocycles. The summed E-state index contributed by atoms with van der Waals surface area (Å²) in [4.78, 5) is 18.5. The minimum absolute atomic E-state index is 0.162. The molecule has 0 aliphatic carbocycles. The van der Waals surface area contributed by atoms with E-state index in [1.165, 1.54) is 11.3 Å². The van der Waals surface area contributed by atoms with E-state index in [4.69, 9.17) is 9.72 Å². The van der Waals surface area contributed by atoms with Crippen molar-refractivity contribution in [3.63, 3.8) is 0 Å². The first-order valence-electron chi connectivity index (χ1n) is 13.5. The molecule has 8 nitrogen and oxygen atoms in total. The van der Waals surface area contributed by atoms with Gasteiger partial charge < -0.3 is 14.5 Å². The first-order valence-corrected chi connectivity index (χ1v) is 15.6. The summed E-state index contributed by atoms with van der Waals surface area (Å²) in [5, 5.41) is 0.750. The predicted octanol–water partition coefficient (Wildman–Crippen LogP) is 4.53. The smallest absolute Gasteiger partial charge is 0.274 e. The number of benzene rings is 1. The van der Waals surface area contributed by atoms with Crippen LogP contribution in [0.1, 0.15) is 45.6 Å². The number of hydrogen-bond donors (Lipinski definition) is 0. The molecule has 2 aliphatic rings. The molecule has 2 fully saturated rings. The molecule has 0 bridgehead atoms. The molecule has 0 saturated carbocycles. The highest BCUT2D eigenvalue weighted by atomic mass is 32.2. The van der Waals surface area contributed by atoms with Crippen LogP contribution in [-0.4, -0.2) is 74.6 Å². The van der Waals surface area contributed by atoms with Gasteiger partial charge in [-0.05, 0) is 36.1 Å². The Morgan fingerprint density at radius 2 is 1.78 bits per heavy atom. The lowest BCUT2D eigenvalue weighted by Gasteiger charge is -2.35. The first kappa shape index (κ1) is 26.3. The van der Waals surface area contributed by atoms with Gasteiger partial charge in [0.05, 0.1) is 21.2 Å². The second-order valence-corrected chi connectivity index (χ2v) is 12.9. The lowest BCUT2D eigenvalue weighted by molar-refractivity contribution is 0.170. The fourth-order valence-corrected chi connectivity index (χ4v) is 7.19. The van der Waals surface area contributed by atoms with Crippen LogP contribution in [0.3, 0.4) is 0 Å². The van der Waals surface area contributed by atoms with Crippen LogP contribution in [-0.2, 0) is 17.4 Å². The average Bonchev–Trinajstić information content (AvgIpc) is 3.31. The van der Waals surface area contributed by atoms with Crippen molar-refractivity contribution < 1.29 is 8.95 Å². The summed E-state index contributed by atoms with van der Waals surface area (Å²) < 4.78 is 22.1. The summed E-state index contributed by atoms with van der Waals surface area (Å²) >= 11 is 1.63. The Bertz CT molecular complexity index is 1190. The van der Waals surface area contributed by atoms with E-state index < -0.39 is 11.0 Å². The van der Waals surface area contributed by atoms with E-state index in [0.29, 0.717) is 5.92 Å². The third-order valence-corrected chi connectivity index (χ3v) is 9.74. The van der Waals surface area contributed by atoms with E-state index >= 15 is 0 Å². The van der Waals surface area contributed by atoms with Crippen LogP contribution in [0.5, 0.6) is 5.19 Å². The van der Waals surface area contributed by atoms with Gasteiger partial charge in [0.1, 0.15) is 6.10 Å². The number of nitrogens with zero attached hydrogens (tertiary/aromatic N) is 6. The molecule has 200 valence electrons. The summed E-state index contributed by atoms with van der Waals surface area (Å²) in [5.41, 5.74) is 3.39. The molecule has 0 amide bonds. The average molecular weight is 543 g/mol. The topological polar surface area (TPSA) is 74.7 Å². The van der Waals surface area contributed by atoms with Crippen molar-refractivity contribution in [1.82, 2.24) is 19.3 Å². The normalized spacial score (nSPS) is 18.6. The molecule has 0 spiro atoms. The maximum Gasteiger partial charge on any atom is 0.274 e. The summed E-state index contributed by atoms with van der Waals surface area (Å²) in [7, 11) is -0.874. The highest BCUT2D eigenvalue weighted by Crippen LogP contribution is 2.33. The van der Waals surface area contributed by atoms with E-state index in [1.54, 1.807) is 11.3 Å². The second-order valence-electron chi connectivity index (χ2n) is 10.4. The molecule has 1 aromatic carbocycles. The number of piperazine rings is 1. The van der Waals surface area contributed by atoms with E-state index in [2.05, 4.69) is 63.0 Å². The number of anilines is 2. The van der Waals surface area contributed by atoms with E-state index in [0.717, 1.165) is 92.1 Å². The highest BCUT2D eigenvalue weighted by molar-refractivity contribution is 7.82. The molecule has 1 unspecified atom stereocenters. The van der Waals surface area contributed by atoms with Crippen LogP contribution in [0.4, 0.5) is 11.6 Å². The van der Waals surface area contributed by atoms with E-state index in [1.807, 2.05) is 12.4 Å². The molecule has 0 N–H and O–H groups in total. The summed E-state index contributed by atoms with van der Waals surface area (Å²) in [6, 6.07) is 6.47. The maximum atomic E-state index is 12.5. The Morgan fingerprint density at radius 3 is 2.46 bits per heavy atom. The summed E-state index contributed by atoms with van der Waals surface area (Å²) in [6.45, 7) is 11.7. The Balaban J connectivity index is 1.14. The van der Waals surface area contributed by atoms with Gasteiger partial charge in [-0.3, -0.25) is 0 Å². The predicted molar refractivity (Wildman–Crippen MR) is 153 cm³/mol. The molecule has 5 rings (SSSR count). The van der Waals surface area contributed by atoms with Gasteiger partial charge in [-0.1, -0.05) is 38.5 Å². The zero-order valence-corrected chi connectivity index (χ0v) is 23.8. The van der Waals surface area contributed by atoms with Crippen LogP contribution in [0.15, 0.2) is 30.6 Å². The SMILES string of the molecule is CCCc1cnc(N2CCC(Oc3nc4ccc(N5CCN(S(=O)CC(C)C)CC5)cc4s3)CC2)nc1. The van der Waals surface area contributed by atoms with Crippen LogP contribution in [0, 0.1) is 5.92 Å². The minimum Gasteiger partial charge on any atom is -0.467 e. The van der Waals surface area contributed by atoms with Gasteiger partial charge in [0.25, 0.3) is 5.19 Å². The Labute approximate surface area is 226 Å². The summed E-state index contributed by atoms with van der Waals surface area (Å²) in [5.74, 6) is 2.01. The van der Waals surface area contributed by atoms with Crippen molar-refractivity contribution in [3.05, 3.63) is 36.2 Å². The monoisotopic (exact) mass is 542 g/mol. The van der Waals surface area contributed by atoms with Crippen molar-refractivity contribution in [2.45, 2.75) is 52.6 Å². The molecular weight excluding hydrogens is 504 g/mol. The quantitative estimate of drug-likeness (QED) is 0.393. The largest absolute Gasteiger partial charge is 0.467 e. The molecular formula is C27H38N6O2S2. The molecule has 37 heavy (non-hydrogen) atoms. The van der Waals surface area contributed by atoms with Gasteiger partial charge in [-0.2, -0.15) is 0 Å². The van der Waals surface area contributed by atoms with Gasteiger partial charge in [0.2, 0.25) is 5.95 Å². The maximum absolute atomic E-state index is 12.5. The number of rotatable bonds is 9. The number of thiazole rings is 1. The number of fused-ring (bicyclic) bond motifs is 1. The van der Waals surface area contributed by atoms with Crippen molar-refractivity contribution >= 4 is 44.2 Å². The number of piperidine rings is 1. The van der Waals surface area contributed by atoms with Crippen LogP contribution >= 0.6 is 11.3 Å². The second kappa shape index (κ2) is 12.0. The van der Waals surface area contributed by atoms with Gasteiger partial charge in [0, 0.05) is 75.9 Å². The molecule has 2 aliphatic heterocycles. The number of hydrogen-bond acceptors (Lipinski definition) is 8. The summed E-state index contributed by atoms with van der Waals surface area (Å²) in [6.07, 6.45) is 8.08. The zero-order valence-electron chi connectivity index (χ0n) is 22.1. The van der Waals surface area contributed by atoms with Crippen molar-refractivity contribution in [2.24, 2.45) is 5.92 Å². The third-order valence-electron chi connectivity index (χ3n) is 6.94. The Hall–Kier alpha value is -2.30. The molecule has 2 saturated heterocycles.